The molecular weight excluding hydrogens is 300 g/mol. The van der Waals surface area contributed by atoms with Crippen molar-refractivity contribution in [2.75, 3.05) is 5.43 Å². The highest BCUT2D eigenvalue weighted by Crippen LogP contribution is 2.21. The van der Waals surface area contributed by atoms with Crippen LogP contribution in [0.15, 0.2) is 57.2 Å². The van der Waals surface area contributed by atoms with E-state index in [-0.39, 0.29) is 16.6 Å². The highest BCUT2D eigenvalue weighted by molar-refractivity contribution is 5.91. The maximum atomic E-state index is 12.1. The molecule has 0 saturated carbocycles. The number of carboxylic acids is 1. The first kappa shape index (κ1) is 14.5. The molecule has 0 spiro atoms. The number of carbonyl (C=O) groups is 1. The quantitative estimate of drug-likeness (QED) is 0.615. The van der Waals surface area contributed by atoms with Crippen molar-refractivity contribution in [1.82, 2.24) is 0 Å². The molecule has 0 aromatic heterocycles. The summed E-state index contributed by atoms with van der Waals surface area (Å²) in [6, 6.07) is 10.1. The zero-order chi connectivity index (χ0) is 16.6. The van der Waals surface area contributed by atoms with Crippen LogP contribution in [0.5, 0.6) is 5.75 Å². The SMILES string of the molecule is O=C(O)c1ccc(NN=c2c(=O)c3ccccc3c2=O)cc1O. The highest BCUT2D eigenvalue weighted by Gasteiger charge is 2.11. The predicted octanol–water partition coefficient (Wildman–Crippen LogP) is 0.767. The van der Waals surface area contributed by atoms with Crippen molar-refractivity contribution < 1.29 is 15.0 Å². The summed E-state index contributed by atoms with van der Waals surface area (Å²) in [6.07, 6.45) is 0. The summed E-state index contributed by atoms with van der Waals surface area (Å²) in [5, 5.41) is 22.6. The Balaban J connectivity index is 2.04. The Labute approximate surface area is 128 Å². The zero-order valence-electron chi connectivity index (χ0n) is 11.6. The van der Waals surface area contributed by atoms with E-state index >= 15 is 0 Å². The summed E-state index contributed by atoms with van der Waals surface area (Å²) in [4.78, 5) is 35.1. The van der Waals surface area contributed by atoms with Gasteiger partial charge in [0.2, 0.25) is 10.9 Å². The molecule has 0 amide bonds. The number of fused-ring (bicyclic) bond motifs is 1. The minimum Gasteiger partial charge on any atom is -0.507 e. The lowest BCUT2D eigenvalue weighted by Crippen LogP contribution is -2.32. The number of hydrogen-bond acceptors (Lipinski definition) is 6. The summed E-state index contributed by atoms with van der Waals surface area (Å²) in [5.74, 6) is -1.72. The molecule has 23 heavy (non-hydrogen) atoms. The number of aromatic hydroxyl groups is 1. The monoisotopic (exact) mass is 310 g/mol. The van der Waals surface area contributed by atoms with Crippen LogP contribution < -0.4 is 21.6 Å². The molecule has 114 valence electrons. The van der Waals surface area contributed by atoms with Gasteiger partial charge in [-0.3, -0.25) is 15.0 Å². The number of rotatable bonds is 3. The Kier molecular flexibility index (Phi) is 3.38. The van der Waals surface area contributed by atoms with Crippen LogP contribution in [0, 0.1) is 0 Å². The smallest absolute Gasteiger partial charge is 0.339 e. The van der Waals surface area contributed by atoms with Crippen LogP contribution in [0.2, 0.25) is 0 Å². The fraction of sp³-hybridized carbons (Fsp3) is 0. The van der Waals surface area contributed by atoms with E-state index in [2.05, 4.69) is 10.5 Å². The van der Waals surface area contributed by atoms with E-state index in [9.17, 15) is 19.5 Å². The summed E-state index contributed by atoms with van der Waals surface area (Å²) < 4.78 is 0. The van der Waals surface area contributed by atoms with Gasteiger partial charge in [-0.1, -0.05) is 24.3 Å². The second-order valence-electron chi connectivity index (χ2n) is 4.81. The van der Waals surface area contributed by atoms with E-state index < -0.39 is 22.6 Å². The molecule has 3 aromatic rings. The van der Waals surface area contributed by atoms with Crippen molar-refractivity contribution in [3.63, 3.8) is 0 Å². The molecular formula is C16H10N2O5. The van der Waals surface area contributed by atoms with Gasteiger partial charge in [-0.05, 0) is 12.1 Å². The number of phenols is 1. The second kappa shape index (κ2) is 5.38. The number of nitrogens with one attached hydrogen (secondary N) is 1. The van der Waals surface area contributed by atoms with E-state index in [1.54, 1.807) is 24.3 Å². The molecule has 3 rings (SSSR count). The van der Waals surface area contributed by atoms with Crippen molar-refractivity contribution in [2.45, 2.75) is 0 Å². The fourth-order valence-corrected chi connectivity index (χ4v) is 2.24. The van der Waals surface area contributed by atoms with Crippen LogP contribution in [0.4, 0.5) is 5.69 Å². The Morgan fingerprint density at radius 2 is 1.61 bits per heavy atom. The molecule has 0 aliphatic carbocycles. The zero-order valence-corrected chi connectivity index (χ0v) is 11.6. The van der Waals surface area contributed by atoms with Gasteiger partial charge in [0.1, 0.15) is 11.3 Å². The Morgan fingerprint density at radius 1 is 1.00 bits per heavy atom. The predicted molar refractivity (Wildman–Crippen MR) is 83.1 cm³/mol. The summed E-state index contributed by atoms with van der Waals surface area (Å²) >= 11 is 0. The molecule has 0 aliphatic heterocycles. The molecule has 3 aromatic carbocycles. The maximum absolute atomic E-state index is 12.1. The first-order valence-electron chi connectivity index (χ1n) is 6.57. The molecule has 0 radical (unpaired) electrons. The summed E-state index contributed by atoms with van der Waals surface area (Å²) in [5.41, 5.74) is 1.50. The van der Waals surface area contributed by atoms with Gasteiger partial charge in [0.15, 0.2) is 5.36 Å². The summed E-state index contributed by atoms with van der Waals surface area (Å²) in [7, 11) is 0. The average molecular weight is 310 g/mol. The fourth-order valence-electron chi connectivity index (χ4n) is 2.24. The topological polar surface area (TPSA) is 116 Å². The number of nitrogens with zero attached hydrogens (tertiary/aromatic N) is 1. The largest absolute Gasteiger partial charge is 0.507 e. The van der Waals surface area contributed by atoms with Crippen LogP contribution in [0.1, 0.15) is 10.4 Å². The third-order valence-corrected chi connectivity index (χ3v) is 3.37. The minimum atomic E-state index is -1.27. The summed E-state index contributed by atoms with van der Waals surface area (Å²) in [6.45, 7) is 0. The van der Waals surface area contributed by atoms with Gasteiger partial charge >= 0.3 is 5.97 Å². The van der Waals surface area contributed by atoms with Gasteiger partial charge in [-0.15, -0.1) is 0 Å². The molecule has 7 heteroatoms. The van der Waals surface area contributed by atoms with Gasteiger partial charge in [0, 0.05) is 16.8 Å². The third-order valence-electron chi connectivity index (χ3n) is 3.37. The Hall–Kier alpha value is -3.48. The average Bonchev–Trinajstić information content (AvgIpc) is 2.77. The molecule has 0 aliphatic rings. The van der Waals surface area contributed by atoms with Crippen LogP contribution in [-0.4, -0.2) is 16.2 Å². The molecule has 0 unspecified atom stereocenters. The van der Waals surface area contributed by atoms with Crippen molar-refractivity contribution in [3.05, 3.63) is 73.8 Å². The lowest BCUT2D eigenvalue weighted by molar-refractivity contribution is 0.0694. The van der Waals surface area contributed by atoms with Crippen LogP contribution in [0.25, 0.3) is 10.8 Å². The molecule has 0 heterocycles. The van der Waals surface area contributed by atoms with Gasteiger partial charge in [0.05, 0.1) is 5.69 Å². The van der Waals surface area contributed by atoms with Gasteiger partial charge in [-0.2, -0.15) is 5.10 Å². The van der Waals surface area contributed by atoms with E-state index in [4.69, 9.17) is 5.11 Å². The lowest BCUT2D eigenvalue weighted by atomic mass is 10.2. The van der Waals surface area contributed by atoms with Crippen molar-refractivity contribution >= 4 is 22.4 Å². The third kappa shape index (κ3) is 2.44. The molecule has 3 N–H and O–H groups in total. The first-order chi connectivity index (χ1) is 11.0. The van der Waals surface area contributed by atoms with E-state index in [0.717, 1.165) is 6.07 Å². The van der Waals surface area contributed by atoms with E-state index in [1.807, 2.05) is 0 Å². The van der Waals surface area contributed by atoms with Gasteiger partial charge in [0.25, 0.3) is 0 Å². The molecule has 0 fully saturated rings. The minimum absolute atomic E-state index is 0.247. The number of hydrogen-bond donors (Lipinski definition) is 3. The standard InChI is InChI=1S/C16H10N2O5/c19-12-7-8(5-6-11(12)16(22)23)17-18-13-14(20)9-3-1-2-4-10(9)15(13)21/h1-7,17,19H,(H,22,23). The first-order valence-corrected chi connectivity index (χ1v) is 6.57. The van der Waals surface area contributed by atoms with Gasteiger partial charge in [-0.25, -0.2) is 4.79 Å². The number of aromatic carboxylic acids is 1. The Morgan fingerprint density at radius 3 is 2.13 bits per heavy atom. The Bertz CT molecular complexity index is 1030. The number of anilines is 1. The number of benzene rings is 2. The number of carboxylic acid groups (broad SMARTS) is 1. The van der Waals surface area contributed by atoms with Crippen molar-refractivity contribution in [3.8, 4) is 5.75 Å². The lowest BCUT2D eigenvalue weighted by Gasteiger charge is -2.02. The molecule has 7 nitrogen and oxygen atoms in total. The normalized spacial score (nSPS) is 10.6. The highest BCUT2D eigenvalue weighted by atomic mass is 16.4. The molecule has 0 saturated heterocycles. The second-order valence-corrected chi connectivity index (χ2v) is 4.81. The van der Waals surface area contributed by atoms with Crippen molar-refractivity contribution in [1.29, 1.82) is 0 Å². The van der Waals surface area contributed by atoms with Crippen LogP contribution in [0.3, 0.4) is 0 Å². The van der Waals surface area contributed by atoms with Crippen LogP contribution >= 0.6 is 0 Å². The van der Waals surface area contributed by atoms with Gasteiger partial charge < -0.3 is 10.2 Å². The van der Waals surface area contributed by atoms with E-state index in [1.165, 1.54) is 12.1 Å². The molecule has 0 bridgehead atoms. The maximum Gasteiger partial charge on any atom is 0.339 e. The van der Waals surface area contributed by atoms with Crippen LogP contribution in [-0.2, 0) is 0 Å². The van der Waals surface area contributed by atoms with E-state index in [0.29, 0.717) is 10.8 Å². The molecule has 0 atom stereocenters. The van der Waals surface area contributed by atoms with Crippen molar-refractivity contribution in [2.24, 2.45) is 5.10 Å².